The molecule has 0 aliphatic carbocycles. The van der Waals surface area contributed by atoms with E-state index in [-0.39, 0.29) is 25.6 Å². The molecular weight excluding hydrogens is 568 g/mol. The maximum absolute atomic E-state index is 13.1. The summed E-state index contributed by atoms with van der Waals surface area (Å²) in [7, 11) is -4.70. The van der Waals surface area contributed by atoms with Gasteiger partial charge in [0.05, 0.1) is 24.7 Å². The number of rotatable bonds is 11. The summed E-state index contributed by atoms with van der Waals surface area (Å²) in [4.78, 5) is 64.0. The number of urea groups is 1. The first-order valence-electron chi connectivity index (χ1n) is 13.4. The average Bonchev–Trinajstić information content (AvgIpc) is 3.11. The first-order valence-corrected chi connectivity index (χ1v) is 14.8. The van der Waals surface area contributed by atoms with Crippen LogP contribution in [0.2, 0.25) is 0 Å². The van der Waals surface area contributed by atoms with E-state index in [0.717, 1.165) is 0 Å². The summed E-state index contributed by atoms with van der Waals surface area (Å²) < 4.78 is 49.5. The van der Waals surface area contributed by atoms with Crippen molar-refractivity contribution >= 4 is 40.4 Å². The van der Waals surface area contributed by atoms with Crippen molar-refractivity contribution in [3.63, 3.8) is 0 Å². The number of fused-ring (bicyclic) bond motifs is 2. The Morgan fingerprint density at radius 3 is 2.34 bits per heavy atom. The molecule has 3 aliphatic rings. The maximum Gasteiger partial charge on any atom is 0.421 e. The molecule has 3 fully saturated rings. The Morgan fingerprint density at radius 2 is 1.73 bits per heavy atom. The van der Waals surface area contributed by atoms with Crippen LogP contribution in [-0.4, -0.2) is 111 Å². The first kappa shape index (κ1) is 32.3. The molecule has 4 amide bonds. The lowest BCUT2D eigenvalue weighted by Crippen LogP contribution is -2.54. The van der Waals surface area contributed by atoms with Gasteiger partial charge < -0.3 is 29.3 Å². The molecule has 16 nitrogen and oxygen atoms in total. The fourth-order valence-electron chi connectivity index (χ4n) is 4.71. The topological polar surface area (TPSA) is 187 Å². The number of carbonyl (C=O) groups excluding carboxylic acids is 5. The van der Waals surface area contributed by atoms with Crippen molar-refractivity contribution in [1.82, 2.24) is 20.2 Å². The van der Waals surface area contributed by atoms with Gasteiger partial charge in [-0.2, -0.15) is 13.5 Å². The Balaban J connectivity index is 1.49. The lowest BCUT2D eigenvalue weighted by atomic mass is 9.95. The van der Waals surface area contributed by atoms with Gasteiger partial charge in [-0.05, 0) is 46.5 Å². The van der Waals surface area contributed by atoms with E-state index in [4.69, 9.17) is 22.7 Å². The summed E-state index contributed by atoms with van der Waals surface area (Å²) in [5.41, 5.74) is -1.27. The molecule has 17 heteroatoms. The third kappa shape index (κ3) is 8.42. The maximum atomic E-state index is 13.1. The summed E-state index contributed by atoms with van der Waals surface area (Å²) in [5, 5.41) is 3.61. The number of carbonyl (C=O) groups is 5. The number of hydrogen-bond acceptors (Lipinski definition) is 12. The number of hydroxylamine groups is 2. The summed E-state index contributed by atoms with van der Waals surface area (Å²) in [6, 6.07) is -2.47. The molecule has 3 aliphatic heterocycles. The number of nitrogens with zero attached hydrogens (tertiary/aromatic N) is 3. The molecule has 41 heavy (non-hydrogen) atoms. The van der Waals surface area contributed by atoms with Crippen LogP contribution in [0.5, 0.6) is 0 Å². The van der Waals surface area contributed by atoms with E-state index in [1.165, 1.54) is 37.5 Å². The molecule has 3 heterocycles. The van der Waals surface area contributed by atoms with Gasteiger partial charge in [0.1, 0.15) is 6.04 Å². The monoisotopic (exact) mass is 606 g/mol. The minimum atomic E-state index is -4.70. The summed E-state index contributed by atoms with van der Waals surface area (Å²) in [6.45, 7) is 7.41. The predicted molar refractivity (Wildman–Crippen MR) is 138 cm³/mol. The highest BCUT2D eigenvalue weighted by molar-refractivity contribution is 7.81. The second-order valence-electron chi connectivity index (χ2n) is 10.7. The van der Waals surface area contributed by atoms with Crippen molar-refractivity contribution in [2.45, 2.75) is 84.7 Å². The number of piperidine rings is 2. The van der Waals surface area contributed by atoms with Crippen molar-refractivity contribution in [3.05, 3.63) is 0 Å². The Morgan fingerprint density at radius 1 is 1.07 bits per heavy atom. The van der Waals surface area contributed by atoms with E-state index >= 15 is 0 Å². The molecule has 0 aromatic heterocycles. The van der Waals surface area contributed by atoms with E-state index in [1.807, 2.05) is 0 Å². The molecule has 0 aromatic rings. The van der Waals surface area contributed by atoms with Crippen LogP contribution in [-0.2, 0) is 47.5 Å². The molecular formula is C24H38N4O12S. The van der Waals surface area contributed by atoms with Crippen LogP contribution in [0, 0.1) is 5.41 Å². The molecule has 3 rings (SSSR count). The highest BCUT2D eigenvalue weighted by Gasteiger charge is 2.50. The molecule has 232 valence electrons. The highest BCUT2D eigenvalue weighted by Crippen LogP contribution is 2.31. The van der Waals surface area contributed by atoms with Crippen molar-refractivity contribution < 1.29 is 55.1 Å². The number of esters is 2. The summed E-state index contributed by atoms with van der Waals surface area (Å²) >= 11 is 0. The quantitative estimate of drug-likeness (QED) is 0.256. The summed E-state index contributed by atoms with van der Waals surface area (Å²) in [5.74, 6) is -1.61. The fraction of sp³-hybridized carbons (Fsp3) is 0.792. The normalized spacial score (nSPS) is 22.3. The summed E-state index contributed by atoms with van der Waals surface area (Å²) in [6.07, 6.45) is -0.161. The highest BCUT2D eigenvalue weighted by atomic mass is 32.3. The van der Waals surface area contributed by atoms with Gasteiger partial charge in [-0.3, -0.25) is 14.4 Å². The molecule has 0 saturated carbocycles. The third-order valence-electron chi connectivity index (χ3n) is 6.89. The lowest BCUT2D eigenvalue weighted by Gasteiger charge is -2.34. The van der Waals surface area contributed by atoms with Crippen molar-refractivity contribution in [3.8, 4) is 0 Å². The second kappa shape index (κ2) is 13.2. The average molecular weight is 607 g/mol. The second-order valence-corrected chi connectivity index (χ2v) is 11.9. The minimum Gasteiger partial charge on any atom is -0.466 e. The van der Waals surface area contributed by atoms with Crippen molar-refractivity contribution in [1.29, 1.82) is 0 Å². The van der Waals surface area contributed by atoms with Gasteiger partial charge in [-0.15, -0.1) is 4.28 Å². The van der Waals surface area contributed by atoms with Gasteiger partial charge in [0.2, 0.25) is 12.2 Å². The first-order chi connectivity index (χ1) is 19.1. The molecule has 3 atom stereocenters. The van der Waals surface area contributed by atoms with Gasteiger partial charge in [0, 0.05) is 39.5 Å². The molecule has 3 saturated heterocycles. The van der Waals surface area contributed by atoms with Crippen LogP contribution in [0.4, 0.5) is 9.59 Å². The molecule has 2 bridgehead atoms. The lowest BCUT2D eigenvalue weighted by molar-refractivity contribution is -0.163. The van der Waals surface area contributed by atoms with Crippen LogP contribution in [0.1, 0.15) is 60.3 Å². The van der Waals surface area contributed by atoms with E-state index in [9.17, 15) is 32.4 Å². The smallest absolute Gasteiger partial charge is 0.421 e. The molecule has 0 spiro atoms. The molecule has 0 radical (unpaired) electrons. The van der Waals surface area contributed by atoms with Crippen LogP contribution in [0.15, 0.2) is 0 Å². The largest absolute Gasteiger partial charge is 0.466 e. The number of likely N-dealkylation sites (tertiary alicyclic amines) is 1. The van der Waals surface area contributed by atoms with Gasteiger partial charge in [-0.1, -0.05) is 0 Å². The van der Waals surface area contributed by atoms with Crippen LogP contribution in [0.25, 0.3) is 0 Å². The standard InChI is InChI=1S/C24H38N4O12S/c1-6-36-21(31)24(4,5)14-37-41(34,35)40-28-18-7-8-19(27(13-18)22(28)32)20(30)25-17-9-11-26(12-10-17)23(33)39-16(3)38-15(2)29/h16-19H,6-14H2,1-5H3,(H,25,30)/t16?,18-,19+/m1/s1. The number of ether oxygens (including phenoxy) is 3. The SMILES string of the molecule is CCOC(=O)C(C)(C)COS(=O)(=O)ON1C(=O)N2C[C@H]1CC[C@H]2C(=O)NC1CCN(C(=O)OC(C)OC(C)=O)CC1. The van der Waals surface area contributed by atoms with Crippen LogP contribution >= 0.6 is 0 Å². The van der Waals surface area contributed by atoms with Gasteiger partial charge in [0.25, 0.3) is 0 Å². The van der Waals surface area contributed by atoms with Gasteiger partial charge in [0.15, 0.2) is 0 Å². The van der Waals surface area contributed by atoms with Crippen LogP contribution in [0.3, 0.4) is 0 Å². The fourth-order valence-corrected chi connectivity index (χ4v) is 5.57. The Hall–Kier alpha value is -3.18. The van der Waals surface area contributed by atoms with E-state index in [2.05, 4.69) is 5.32 Å². The van der Waals surface area contributed by atoms with Gasteiger partial charge in [-0.25, -0.2) is 13.8 Å². The van der Waals surface area contributed by atoms with Crippen molar-refractivity contribution in [2.24, 2.45) is 5.41 Å². The van der Waals surface area contributed by atoms with Crippen molar-refractivity contribution in [2.75, 3.05) is 32.8 Å². The zero-order valence-corrected chi connectivity index (χ0v) is 24.6. The molecule has 0 aromatic carbocycles. The number of hydrogen-bond donors (Lipinski definition) is 1. The van der Waals surface area contributed by atoms with E-state index < -0.39 is 70.8 Å². The zero-order valence-electron chi connectivity index (χ0n) is 23.8. The molecule has 1 unspecified atom stereocenters. The van der Waals surface area contributed by atoms with E-state index in [0.29, 0.717) is 37.4 Å². The van der Waals surface area contributed by atoms with Gasteiger partial charge >= 0.3 is 34.5 Å². The number of nitrogens with one attached hydrogen (secondary N) is 1. The minimum absolute atomic E-state index is 0.0889. The Bertz CT molecular complexity index is 1120. The third-order valence-corrected chi connectivity index (χ3v) is 7.64. The number of amides is 4. The molecule has 1 N–H and O–H groups in total. The van der Waals surface area contributed by atoms with Crippen LogP contribution < -0.4 is 5.32 Å². The predicted octanol–water partition coefficient (Wildman–Crippen LogP) is 0.664. The van der Waals surface area contributed by atoms with E-state index in [1.54, 1.807) is 6.92 Å². The Labute approximate surface area is 238 Å². The zero-order chi connectivity index (χ0) is 30.5. The Kier molecular flexibility index (Phi) is 10.4.